The second-order valence-electron chi connectivity index (χ2n) is 8.00. The number of amides is 1. The van der Waals surface area contributed by atoms with Crippen molar-refractivity contribution < 1.29 is 9.53 Å². The van der Waals surface area contributed by atoms with E-state index in [0.29, 0.717) is 0 Å². The van der Waals surface area contributed by atoms with Crippen molar-refractivity contribution in [2.45, 2.75) is 70.2 Å². The summed E-state index contributed by atoms with van der Waals surface area (Å²) in [6, 6.07) is 4.45. The van der Waals surface area contributed by atoms with Gasteiger partial charge in [-0.1, -0.05) is 13.0 Å². The minimum atomic E-state index is 0.0239. The molecule has 6 nitrogen and oxygen atoms in total. The first-order valence-electron chi connectivity index (χ1n) is 10.4. The Bertz CT molecular complexity index is 575. The Labute approximate surface area is 162 Å². The van der Waals surface area contributed by atoms with Crippen LogP contribution in [0.1, 0.15) is 51.0 Å². The zero-order valence-corrected chi connectivity index (χ0v) is 16.5. The highest BCUT2D eigenvalue weighted by atomic mass is 16.5. The summed E-state index contributed by atoms with van der Waals surface area (Å²) in [6.45, 7) is 5.78. The van der Waals surface area contributed by atoms with Gasteiger partial charge in [0.1, 0.15) is 0 Å². The topological polar surface area (TPSA) is 80.5 Å². The summed E-state index contributed by atoms with van der Waals surface area (Å²) in [5.74, 6) is 0.234. The lowest BCUT2D eigenvalue weighted by atomic mass is 9.83. The molecular weight excluding hydrogens is 340 g/mol. The summed E-state index contributed by atoms with van der Waals surface area (Å²) in [7, 11) is 0. The van der Waals surface area contributed by atoms with E-state index >= 15 is 0 Å². The maximum Gasteiger partial charge on any atom is 0.223 e. The summed E-state index contributed by atoms with van der Waals surface area (Å²) in [4.78, 5) is 19.4. The van der Waals surface area contributed by atoms with Crippen LogP contribution < -0.4 is 11.1 Å². The van der Waals surface area contributed by atoms with Crippen molar-refractivity contribution in [3.8, 4) is 0 Å². The molecule has 3 N–H and O–H groups in total. The number of nitrogens with one attached hydrogen (secondary N) is 1. The van der Waals surface area contributed by atoms with Crippen molar-refractivity contribution in [3.05, 3.63) is 30.1 Å². The number of carbonyl (C=O) groups is 1. The number of ether oxygens (including phenoxy) is 1. The van der Waals surface area contributed by atoms with E-state index in [-0.39, 0.29) is 30.0 Å². The minimum absolute atomic E-state index is 0.0239. The number of aromatic nitrogens is 1. The molecule has 3 rings (SSSR count). The molecule has 1 aliphatic carbocycles. The first kappa shape index (κ1) is 20.2. The number of hydrogen-bond donors (Lipinski definition) is 2. The maximum atomic E-state index is 12.7. The maximum absolute atomic E-state index is 12.7. The number of hydrogen-bond acceptors (Lipinski definition) is 5. The van der Waals surface area contributed by atoms with Gasteiger partial charge in [0, 0.05) is 56.6 Å². The molecule has 1 aromatic heterocycles. The van der Waals surface area contributed by atoms with Crippen molar-refractivity contribution in [3.63, 3.8) is 0 Å². The van der Waals surface area contributed by atoms with Gasteiger partial charge < -0.3 is 15.8 Å². The summed E-state index contributed by atoms with van der Waals surface area (Å²) in [5, 5.41) is 3.29. The molecule has 0 radical (unpaired) electrons. The smallest absolute Gasteiger partial charge is 0.223 e. The molecule has 3 atom stereocenters. The molecule has 1 amide bonds. The minimum Gasteiger partial charge on any atom is -0.377 e. The van der Waals surface area contributed by atoms with Crippen LogP contribution in [0.4, 0.5) is 0 Å². The number of nitrogens with zero attached hydrogens (tertiary/aromatic N) is 2. The van der Waals surface area contributed by atoms with E-state index in [9.17, 15) is 4.79 Å². The highest BCUT2D eigenvalue weighted by molar-refractivity contribution is 5.79. The first-order valence-corrected chi connectivity index (χ1v) is 10.4. The third-order valence-electron chi connectivity index (χ3n) is 5.81. The zero-order valence-electron chi connectivity index (χ0n) is 16.5. The second-order valence-corrected chi connectivity index (χ2v) is 8.00. The average Bonchev–Trinajstić information content (AvgIpc) is 2.69. The van der Waals surface area contributed by atoms with Crippen molar-refractivity contribution in [1.82, 2.24) is 15.2 Å². The summed E-state index contributed by atoms with van der Waals surface area (Å²) < 4.78 is 5.87. The molecule has 1 aromatic rings. The summed E-state index contributed by atoms with van der Waals surface area (Å²) >= 11 is 0. The van der Waals surface area contributed by atoms with Gasteiger partial charge in [0.15, 0.2) is 0 Å². The number of pyridine rings is 1. The standard InChI is InChI=1S/C21H34N4O2/c1-2-12-27-20-13-17(5-6-19(20)22)21(26)24-18-7-10-25(11-8-18)15-16-4-3-9-23-14-16/h3-4,9,14,17-20H,2,5-8,10-13,15,22H2,1H3,(H,24,26)/t17-,19+,20+/m0/s1. The Morgan fingerprint density at radius 2 is 2.15 bits per heavy atom. The van der Waals surface area contributed by atoms with Crippen LogP contribution in [0.3, 0.4) is 0 Å². The van der Waals surface area contributed by atoms with Crippen LogP contribution in [0.15, 0.2) is 24.5 Å². The van der Waals surface area contributed by atoms with Gasteiger partial charge >= 0.3 is 0 Å². The summed E-state index contributed by atoms with van der Waals surface area (Å²) in [6.07, 6.45) is 9.26. The first-order chi connectivity index (χ1) is 13.2. The van der Waals surface area contributed by atoms with E-state index in [1.807, 2.05) is 12.3 Å². The van der Waals surface area contributed by atoms with Gasteiger partial charge in [0.05, 0.1) is 6.10 Å². The molecule has 1 aliphatic heterocycles. The SMILES string of the molecule is CCCO[C@@H]1C[C@@H](C(=O)NC2CCN(Cc3cccnc3)CC2)CC[C@H]1N. The molecule has 1 saturated carbocycles. The van der Waals surface area contributed by atoms with Crippen LogP contribution in [-0.4, -0.2) is 53.7 Å². The van der Waals surface area contributed by atoms with Gasteiger partial charge in [0.2, 0.25) is 5.91 Å². The normalized spacial score (nSPS) is 27.4. The predicted molar refractivity (Wildman–Crippen MR) is 106 cm³/mol. The quantitative estimate of drug-likeness (QED) is 0.764. The largest absolute Gasteiger partial charge is 0.377 e. The number of likely N-dealkylation sites (tertiary alicyclic amines) is 1. The number of rotatable bonds is 7. The van der Waals surface area contributed by atoms with E-state index < -0.39 is 0 Å². The number of carbonyl (C=O) groups excluding carboxylic acids is 1. The molecule has 2 heterocycles. The predicted octanol–water partition coefficient (Wildman–Crippen LogP) is 2.08. The molecule has 0 spiro atoms. The van der Waals surface area contributed by atoms with E-state index in [1.165, 1.54) is 5.56 Å². The fourth-order valence-corrected chi connectivity index (χ4v) is 4.16. The highest BCUT2D eigenvalue weighted by Gasteiger charge is 2.33. The van der Waals surface area contributed by atoms with Crippen LogP contribution in [0.5, 0.6) is 0 Å². The molecular formula is C21H34N4O2. The lowest BCUT2D eigenvalue weighted by Crippen LogP contribution is -2.49. The average molecular weight is 375 g/mol. The van der Waals surface area contributed by atoms with Crippen LogP contribution in [0.2, 0.25) is 0 Å². The molecule has 2 fully saturated rings. The molecule has 6 heteroatoms. The molecule has 0 aromatic carbocycles. The van der Waals surface area contributed by atoms with Crippen LogP contribution in [0, 0.1) is 5.92 Å². The van der Waals surface area contributed by atoms with Crippen LogP contribution >= 0.6 is 0 Å². The third kappa shape index (κ3) is 5.99. The molecule has 2 aliphatic rings. The third-order valence-corrected chi connectivity index (χ3v) is 5.81. The molecule has 0 unspecified atom stereocenters. The lowest BCUT2D eigenvalue weighted by Gasteiger charge is -2.36. The molecule has 1 saturated heterocycles. The molecule has 0 bridgehead atoms. The second kappa shape index (κ2) is 10.2. The lowest BCUT2D eigenvalue weighted by molar-refractivity contribution is -0.129. The van der Waals surface area contributed by atoms with Crippen LogP contribution in [0.25, 0.3) is 0 Å². The van der Waals surface area contributed by atoms with Crippen molar-refractivity contribution in [2.24, 2.45) is 11.7 Å². The Morgan fingerprint density at radius 3 is 2.85 bits per heavy atom. The van der Waals surface area contributed by atoms with E-state index in [2.05, 4.69) is 28.2 Å². The Kier molecular flexibility index (Phi) is 7.61. The van der Waals surface area contributed by atoms with E-state index in [0.717, 1.165) is 64.8 Å². The van der Waals surface area contributed by atoms with Gasteiger partial charge in [-0.15, -0.1) is 0 Å². The van der Waals surface area contributed by atoms with Crippen LogP contribution in [-0.2, 0) is 16.1 Å². The number of nitrogens with two attached hydrogens (primary N) is 1. The van der Waals surface area contributed by atoms with Crippen molar-refractivity contribution >= 4 is 5.91 Å². The van der Waals surface area contributed by atoms with Crippen molar-refractivity contribution in [1.29, 1.82) is 0 Å². The van der Waals surface area contributed by atoms with Gasteiger partial charge in [-0.2, -0.15) is 0 Å². The van der Waals surface area contributed by atoms with E-state index in [4.69, 9.17) is 10.5 Å². The van der Waals surface area contributed by atoms with Gasteiger partial charge in [-0.05, 0) is 50.2 Å². The van der Waals surface area contributed by atoms with Gasteiger partial charge in [-0.25, -0.2) is 0 Å². The van der Waals surface area contributed by atoms with Gasteiger partial charge in [0.25, 0.3) is 0 Å². The van der Waals surface area contributed by atoms with E-state index in [1.54, 1.807) is 6.20 Å². The van der Waals surface area contributed by atoms with Gasteiger partial charge in [-0.3, -0.25) is 14.7 Å². The monoisotopic (exact) mass is 374 g/mol. The Hall–Kier alpha value is -1.50. The Balaban J connectivity index is 1.41. The fourth-order valence-electron chi connectivity index (χ4n) is 4.16. The molecule has 27 heavy (non-hydrogen) atoms. The zero-order chi connectivity index (χ0) is 19.1. The Morgan fingerprint density at radius 1 is 1.33 bits per heavy atom. The van der Waals surface area contributed by atoms with Crippen molar-refractivity contribution in [2.75, 3.05) is 19.7 Å². The fraction of sp³-hybridized carbons (Fsp3) is 0.714. The highest BCUT2D eigenvalue weighted by Crippen LogP contribution is 2.27. The molecule has 150 valence electrons. The summed E-state index contributed by atoms with van der Waals surface area (Å²) in [5.41, 5.74) is 7.43. The number of piperidine rings is 1.